The standard InChI is InChI=1S/C12H17BrClN/c1-2-3-4-5-8-15-12-9-10(14)6-7-11(12)13/h6-7,9,15H,2-5,8H2,1H3. The van der Waals surface area contributed by atoms with Crippen LogP contribution in [0.15, 0.2) is 22.7 Å². The maximum atomic E-state index is 5.92. The van der Waals surface area contributed by atoms with Crippen LogP contribution < -0.4 is 5.32 Å². The molecule has 0 saturated heterocycles. The first-order chi connectivity index (χ1) is 7.24. The van der Waals surface area contributed by atoms with E-state index in [1.807, 2.05) is 18.2 Å². The van der Waals surface area contributed by atoms with E-state index in [-0.39, 0.29) is 0 Å². The second kappa shape index (κ2) is 7.13. The van der Waals surface area contributed by atoms with Gasteiger partial charge in [0.15, 0.2) is 0 Å². The molecule has 84 valence electrons. The fraction of sp³-hybridized carbons (Fsp3) is 0.500. The van der Waals surface area contributed by atoms with E-state index < -0.39 is 0 Å². The third-order valence-electron chi connectivity index (χ3n) is 2.27. The lowest BCUT2D eigenvalue weighted by Crippen LogP contribution is -2.01. The molecule has 0 aliphatic heterocycles. The molecule has 0 aliphatic rings. The van der Waals surface area contributed by atoms with Crippen LogP contribution in [0.5, 0.6) is 0 Å². The lowest BCUT2D eigenvalue weighted by Gasteiger charge is -2.08. The first kappa shape index (κ1) is 12.9. The van der Waals surface area contributed by atoms with Crippen molar-refractivity contribution in [2.24, 2.45) is 0 Å². The predicted molar refractivity (Wildman–Crippen MR) is 71.8 cm³/mol. The third-order valence-corrected chi connectivity index (χ3v) is 3.20. The van der Waals surface area contributed by atoms with Crippen LogP contribution >= 0.6 is 27.5 Å². The largest absolute Gasteiger partial charge is 0.384 e. The van der Waals surface area contributed by atoms with Gasteiger partial charge in [0.1, 0.15) is 0 Å². The van der Waals surface area contributed by atoms with Crippen molar-refractivity contribution in [3.05, 3.63) is 27.7 Å². The number of benzene rings is 1. The number of hydrogen-bond donors (Lipinski definition) is 1. The van der Waals surface area contributed by atoms with Crippen LogP contribution in [0.2, 0.25) is 5.02 Å². The van der Waals surface area contributed by atoms with E-state index in [2.05, 4.69) is 28.2 Å². The van der Waals surface area contributed by atoms with Gasteiger partial charge < -0.3 is 5.32 Å². The zero-order chi connectivity index (χ0) is 11.1. The number of nitrogens with one attached hydrogen (secondary N) is 1. The lowest BCUT2D eigenvalue weighted by atomic mass is 10.2. The molecule has 0 unspecified atom stereocenters. The second-order valence-electron chi connectivity index (χ2n) is 3.61. The summed E-state index contributed by atoms with van der Waals surface area (Å²) in [6, 6.07) is 5.80. The van der Waals surface area contributed by atoms with E-state index in [9.17, 15) is 0 Å². The second-order valence-corrected chi connectivity index (χ2v) is 4.90. The van der Waals surface area contributed by atoms with Gasteiger partial charge in [0.05, 0.1) is 0 Å². The van der Waals surface area contributed by atoms with Crippen molar-refractivity contribution in [1.29, 1.82) is 0 Å². The minimum atomic E-state index is 0.772. The van der Waals surface area contributed by atoms with Gasteiger partial charge in [0, 0.05) is 21.7 Å². The van der Waals surface area contributed by atoms with E-state index in [1.165, 1.54) is 25.7 Å². The molecule has 0 aromatic heterocycles. The van der Waals surface area contributed by atoms with Crippen molar-refractivity contribution in [3.63, 3.8) is 0 Å². The van der Waals surface area contributed by atoms with E-state index in [0.717, 1.165) is 21.7 Å². The molecule has 0 aliphatic carbocycles. The molecule has 0 bridgehead atoms. The van der Waals surface area contributed by atoms with E-state index in [0.29, 0.717) is 0 Å². The highest BCUT2D eigenvalue weighted by Gasteiger charge is 1.99. The molecule has 0 heterocycles. The summed E-state index contributed by atoms with van der Waals surface area (Å²) in [5.41, 5.74) is 1.08. The van der Waals surface area contributed by atoms with Gasteiger partial charge in [-0.3, -0.25) is 0 Å². The zero-order valence-corrected chi connectivity index (χ0v) is 11.4. The molecule has 15 heavy (non-hydrogen) atoms. The number of unbranched alkanes of at least 4 members (excludes halogenated alkanes) is 3. The summed E-state index contributed by atoms with van der Waals surface area (Å²) in [4.78, 5) is 0. The van der Waals surface area contributed by atoms with E-state index >= 15 is 0 Å². The van der Waals surface area contributed by atoms with Gasteiger partial charge in [-0.2, -0.15) is 0 Å². The van der Waals surface area contributed by atoms with Gasteiger partial charge in [-0.25, -0.2) is 0 Å². The summed E-state index contributed by atoms with van der Waals surface area (Å²) in [5, 5.41) is 4.15. The third kappa shape index (κ3) is 4.89. The molecule has 1 aromatic carbocycles. The fourth-order valence-corrected chi connectivity index (χ4v) is 1.97. The molecule has 0 spiro atoms. The molecule has 3 heteroatoms. The Labute approximate surface area is 105 Å². The van der Waals surface area contributed by atoms with E-state index in [1.54, 1.807) is 0 Å². The summed E-state index contributed by atoms with van der Waals surface area (Å²) in [6.07, 6.45) is 5.10. The van der Waals surface area contributed by atoms with Gasteiger partial charge in [-0.1, -0.05) is 37.8 Å². The molecule has 1 aromatic rings. The van der Waals surface area contributed by atoms with Gasteiger partial charge in [0.2, 0.25) is 0 Å². The average Bonchev–Trinajstić information content (AvgIpc) is 2.23. The van der Waals surface area contributed by atoms with Crippen molar-refractivity contribution in [2.75, 3.05) is 11.9 Å². The SMILES string of the molecule is CCCCCCNc1cc(Cl)ccc1Br. The molecule has 0 fully saturated rings. The van der Waals surface area contributed by atoms with Crippen molar-refractivity contribution in [1.82, 2.24) is 0 Å². The van der Waals surface area contributed by atoms with Crippen LogP contribution in [0.4, 0.5) is 5.69 Å². The van der Waals surface area contributed by atoms with Crippen LogP contribution in [-0.4, -0.2) is 6.54 Å². The first-order valence-corrected chi connectivity index (χ1v) is 6.60. The Balaban J connectivity index is 2.33. The minimum absolute atomic E-state index is 0.772. The minimum Gasteiger partial charge on any atom is -0.384 e. The Bertz CT molecular complexity index is 302. The van der Waals surface area contributed by atoms with Gasteiger partial charge in [0.25, 0.3) is 0 Å². The highest BCUT2D eigenvalue weighted by atomic mass is 79.9. The van der Waals surface area contributed by atoms with Crippen LogP contribution in [-0.2, 0) is 0 Å². The Hall–Kier alpha value is -0.210. The zero-order valence-electron chi connectivity index (χ0n) is 9.02. The smallest absolute Gasteiger partial charge is 0.0499 e. The van der Waals surface area contributed by atoms with Gasteiger partial charge >= 0.3 is 0 Å². The molecule has 1 N–H and O–H groups in total. The van der Waals surface area contributed by atoms with Gasteiger partial charge in [-0.05, 0) is 40.5 Å². The molecular weight excluding hydrogens is 273 g/mol. The van der Waals surface area contributed by atoms with Crippen molar-refractivity contribution in [3.8, 4) is 0 Å². The molecule has 0 radical (unpaired) electrons. The molecule has 1 rings (SSSR count). The van der Waals surface area contributed by atoms with Crippen LogP contribution in [0.1, 0.15) is 32.6 Å². The molecule has 0 atom stereocenters. The van der Waals surface area contributed by atoms with Crippen molar-refractivity contribution in [2.45, 2.75) is 32.6 Å². The first-order valence-electron chi connectivity index (χ1n) is 5.43. The van der Waals surface area contributed by atoms with Crippen LogP contribution in [0.25, 0.3) is 0 Å². The Kier molecular flexibility index (Phi) is 6.11. The summed E-state index contributed by atoms with van der Waals surface area (Å²) < 4.78 is 1.07. The predicted octanol–water partition coefficient (Wildman–Crippen LogP) is 5.09. The lowest BCUT2D eigenvalue weighted by molar-refractivity contribution is 0.685. The normalized spacial score (nSPS) is 10.3. The monoisotopic (exact) mass is 289 g/mol. The number of halogens is 2. The summed E-state index contributed by atoms with van der Waals surface area (Å²) in [7, 11) is 0. The molecular formula is C12H17BrClN. The Morgan fingerprint density at radius 3 is 2.80 bits per heavy atom. The number of hydrogen-bond acceptors (Lipinski definition) is 1. The fourth-order valence-electron chi connectivity index (χ4n) is 1.41. The highest BCUT2D eigenvalue weighted by molar-refractivity contribution is 9.10. The van der Waals surface area contributed by atoms with Crippen molar-refractivity contribution >= 4 is 33.2 Å². The highest BCUT2D eigenvalue weighted by Crippen LogP contribution is 2.25. The van der Waals surface area contributed by atoms with E-state index in [4.69, 9.17) is 11.6 Å². The average molecular weight is 291 g/mol. The Morgan fingerprint density at radius 2 is 2.07 bits per heavy atom. The molecule has 1 nitrogen and oxygen atoms in total. The molecule has 0 saturated carbocycles. The summed E-state index contributed by atoms with van der Waals surface area (Å²) in [6.45, 7) is 3.24. The summed E-state index contributed by atoms with van der Waals surface area (Å²) >= 11 is 9.41. The van der Waals surface area contributed by atoms with Crippen molar-refractivity contribution < 1.29 is 0 Å². The van der Waals surface area contributed by atoms with Gasteiger partial charge in [-0.15, -0.1) is 0 Å². The number of rotatable bonds is 6. The summed E-state index contributed by atoms with van der Waals surface area (Å²) in [5.74, 6) is 0. The topological polar surface area (TPSA) is 12.0 Å². The van der Waals surface area contributed by atoms with Crippen LogP contribution in [0, 0.1) is 0 Å². The van der Waals surface area contributed by atoms with Crippen LogP contribution in [0.3, 0.4) is 0 Å². The Morgan fingerprint density at radius 1 is 1.27 bits per heavy atom. The maximum absolute atomic E-state index is 5.92. The number of anilines is 1. The molecule has 0 amide bonds. The maximum Gasteiger partial charge on any atom is 0.0499 e. The quantitative estimate of drug-likeness (QED) is 0.719.